The number of aliphatic hydroxyl groups is 1. The number of halogens is 3. The van der Waals surface area contributed by atoms with Crippen LogP contribution in [0.25, 0.3) is 0 Å². The molecule has 1 heterocycles. The fraction of sp³-hybridized carbons (Fsp3) is 0.278. The van der Waals surface area contributed by atoms with E-state index in [-0.39, 0.29) is 47.9 Å². The van der Waals surface area contributed by atoms with E-state index < -0.39 is 38.6 Å². The Morgan fingerprint density at radius 3 is 2.45 bits per heavy atom. The van der Waals surface area contributed by atoms with Crippen molar-refractivity contribution in [2.24, 2.45) is 0 Å². The maximum absolute atomic E-state index is 14.4. The van der Waals surface area contributed by atoms with E-state index in [1.54, 1.807) is 0 Å². The van der Waals surface area contributed by atoms with Crippen molar-refractivity contribution in [2.75, 3.05) is 24.1 Å². The Morgan fingerprint density at radius 1 is 1.17 bits per heavy atom. The van der Waals surface area contributed by atoms with Crippen molar-refractivity contribution in [1.82, 2.24) is 4.31 Å². The Kier molecular flexibility index (Phi) is 6.08. The summed E-state index contributed by atoms with van der Waals surface area (Å²) in [5, 5.41) is 11.7. The maximum atomic E-state index is 14.4. The van der Waals surface area contributed by atoms with Crippen molar-refractivity contribution in [3.05, 3.63) is 52.6 Å². The van der Waals surface area contributed by atoms with E-state index in [0.717, 1.165) is 22.5 Å². The molecule has 1 aliphatic heterocycles. The smallest absolute Gasteiger partial charge is 0.257 e. The highest BCUT2D eigenvalue weighted by atomic mass is 35.5. The summed E-state index contributed by atoms with van der Waals surface area (Å²) in [6, 6.07) is 5.11. The van der Waals surface area contributed by atoms with Crippen LogP contribution in [0.15, 0.2) is 35.2 Å². The summed E-state index contributed by atoms with van der Waals surface area (Å²) >= 11 is 5.67. The zero-order valence-electron chi connectivity index (χ0n) is 15.0. The van der Waals surface area contributed by atoms with E-state index in [1.165, 1.54) is 12.1 Å². The van der Waals surface area contributed by atoms with E-state index in [9.17, 15) is 27.1 Å². The summed E-state index contributed by atoms with van der Waals surface area (Å²) in [7, 11) is -4.23. The van der Waals surface area contributed by atoms with Gasteiger partial charge in [-0.1, -0.05) is 11.6 Å². The molecule has 2 aromatic carbocycles. The lowest BCUT2D eigenvalue weighted by atomic mass is 10.1. The average molecular weight is 446 g/mol. The third-order valence-corrected chi connectivity index (χ3v) is 6.77. The molecular formula is C18H18ClF2N3O4S. The summed E-state index contributed by atoms with van der Waals surface area (Å²) in [6.45, 7) is 0.0614. The molecule has 11 heteroatoms. The number of anilines is 2. The molecule has 0 aliphatic carbocycles. The van der Waals surface area contributed by atoms with Gasteiger partial charge in [0, 0.05) is 24.5 Å². The van der Waals surface area contributed by atoms with Crippen LogP contribution < -0.4 is 11.1 Å². The van der Waals surface area contributed by atoms with Gasteiger partial charge in [-0.3, -0.25) is 4.79 Å². The molecule has 4 N–H and O–H groups in total. The molecule has 1 saturated heterocycles. The summed E-state index contributed by atoms with van der Waals surface area (Å²) in [5.74, 6) is -2.57. The van der Waals surface area contributed by atoms with Crippen molar-refractivity contribution in [3.8, 4) is 0 Å². The number of amides is 1. The number of nitrogen functional groups attached to an aromatic ring is 1. The van der Waals surface area contributed by atoms with Crippen molar-refractivity contribution < 1.29 is 27.1 Å². The van der Waals surface area contributed by atoms with E-state index in [2.05, 4.69) is 5.32 Å². The Morgan fingerprint density at radius 2 is 1.83 bits per heavy atom. The predicted molar refractivity (Wildman–Crippen MR) is 104 cm³/mol. The number of rotatable bonds is 4. The van der Waals surface area contributed by atoms with E-state index in [4.69, 9.17) is 17.3 Å². The van der Waals surface area contributed by atoms with Crippen LogP contribution in [0.1, 0.15) is 23.2 Å². The van der Waals surface area contributed by atoms with E-state index in [1.807, 2.05) is 0 Å². The number of carbonyl (C=O) groups excluding carboxylic acids is 1. The topological polar surface area (TPSA) is 113 Å². The maximum Gasteiger partial charge on any atom is 0.257 e. The molecular weight excluding hydrogens is 428 g/mol. The van der Waals surface area contributed by atoms with Gasteiger partial charge in [0.2, 0.25) is 10.0 Å². The molecule has 0 unspecified atom stereocenters. The SMILES string of the molecule is Nc1cc(F)c(S(=O)(=O)N2CCC(O)CC2)cc1C(=O)Nc1ccc(F)c(Cl)c1. The lowest BCUT2D eigenvalue weighted by Crippen LogP contribution is -2.40. The molecule has 0 atom stereocenters. The second-order valence-corrected chi connectivity index (χ2v) is 8.90. The van der Waals surface area contributed by atoms with Gasteiger partial charge in [0.15, 0.2) is 0 Å². The first-order valence-electron chi connectivity index (χ1n) is 8.63. The monoisotopic (exact) mass is 445 g/mol. The first-order chi connectivity index (χ1) is 13.6. The number of nitrogens with two attached hydrogens (primary N) is 1. The minimum atomic E-state index is -4.23. The van der Waals surface area contributed by atoms with Crippen molar-refractivity contribution >= 4 is 38.9 Å². The quantitative estimate of drug-likeness (QED) is 0.626. The number of benzene rings is 2. The molecule has 2 aromatic rings. The van der Waals surface area contributed by atoms with Crippen molar-refractivity contribution in [1.29, 1.82) is 0 Å². The number of piperidine rings is 1. The summed E-state index contributed by atoms with van der Waals surface area (Å²) < 4.78 is 54.4. The Labute approximate surface area is 171 Å². The van der Waals surface area contributed by atoms with Gasteiger partial charge in [-0.05, 0) is 43.2 Å². The Balaban J connectivity index is 1.92. The zero-order valence-corrected chi connectivity index (χ0v) is 16.6. The number of aliphatic hydroxyl groups excluding tert-OH is 1. The number of carbonyl (C=O) groups is 1. The zero-order chi connectivity index (χ0) is 21.3. The molecule has 0 spiro atoms. The molecule has 156 valence electrons. The highest BCUT2D eigenvalue weighted by molar-refractivity contribution is 7.89. The van der Waals surface area contributed by atoms with Crippen LogP contribution in [0.2, 0.25) is 5.02 Å². The number of nitrogens with zero attached hydrogens (tertiary/aromatic N) is 1. The molecule has 0 bridgehead atoms. The van der Waals surface area contributed by atoms with Crippen LogP contribution in [-0.4, -0.2) is 42.9 Å². The molecule has 29 heavy (non-hydrogen) atoms. The number of nitrogens with one attached hydrogen (secondary N) is 1. The average Bonchev–Trinajstić information content (AvgIpc) is 2.65. The van der Waals surface area contributed by atoms with Gasteiger partial charge in [0.05, 0.1) is 16.7 Å². The van der Waals surface area contributed by atoms with Gasteiger partial charge in [-0.25, -0.2) is 17.2 Å². The number of hydrogen-bond donors (Lipinski definition) is 3. The lowest BCUT2D eigenvalue weighted by molar-refractivity contribution is 0.102. The van der Waals surface area contributed by atoms with E-state index >= 15 is 0 Å². The predicted octanol–water partition coefficient (Wildman–Crippen LogP) is 2.60. The highest BCUT2D eigenvalue weighted by Gasteiger charge is 2.32. The Bertz CT molecular complexity index is 1060. The van der Waals surface area contributed by atoms with Crippen LogP contribution in [-0.2, 0) is 10.0 Å². The van der Waals surface area contributed by atoms with E-state index in [0.29, 0.717) is 0 Å². The van der Waals surface area contributed by atoms with Crippen LogP contribution in [0, 0.1) is 11.6 Å². The lowest BCUT2D eigenvalue weighted by Gasteiger charge is -2.29. The molecule has 7 nitrogen and oxygen atoms in total. The summed E-state index contributed by atoms with van der Waals surface area (Å²) in [6.07, 6.45) is -0.148. The fourth-order valence-electron chi connectivity index (χ4n) is 2.96. The normalized spacial score (nSPS) is 16.0. The van der Waals surface area contributed by atoms with Gasteiger partial charge in [-0.15, -0.1) is 0 Å². The molecule has 3 rings (SSSR count). The third-order valence-electron chi connectivity index (χ3n) is 4.57. The van der Waals surface area contributed by atoms with Gasteiger partial charge in [0.25, 0.3) is 5.91 Å². The van der Waals surface area contributed by atoms with Crippen molar-refractivity contribution in [2.45, 2.75) is 23.8 Å². The molecule has 0 aromatic heterocycles. The van der Waals surface area contributed by atoms with Crippen LogP contribution in [0.4, 0.5) is 20.2 Å². The number of hydrogen-bond acceptors (Lipinski definition) is 5. The molecule has 0 saturated carbocycles. The fourth-order valence-corrected chi connectivity index (χ4v) is 4.68. The van der Waals surface area contributed by atoms with Gasteiger partial charge in [-0.2, -0.15) is 4.31 Å². The largest absolute Gasteiger partial charge is 0.398 e. The summed E-state index contributed by atoms with van der Waals surface area (Å²) in [5.41, 5.74) is 5.34. The van der Waals surface area contributed by atoms with Crippen molar-refractivity contribution in [3.63, 3.8) is 0 Å². The number of sulfonamides is 1. The first kappa shape index (κ1) is 21.4. The second-order valence-electron chi connectivity index (χ2n) is 6.59. The molecule has 1 aliphatic rings. The standard InChI is InChI=1S/C18H18ClF2N3O4S/c19-13-7-10(1-2-14(13)20)23-18(26)12-8-17(15(21)9-16(12)22)29(27,28)24-5-3-11(25)4-6-24/h1-2,7-9,11,25H,3-6,22H2,(H,23,26). The molecule has 0 radical (unpaired) electrons. The molecule has 1 amide bonds. The minimum absolute atomic E-state index is 0.0307. The summed E-state index contributed by atoms with van der Waals surface area (Å²) in [4.78, 5) is 11.9. The first-order valence-corrected chi connectivity index (χ1v) is 10.4. The van der Waals surface area contributed by atoms with Gasteiger partial charge in [0.1, 0.15) is 16.5 Å². The van der Waals surface area contributed by atoms with Crippen LogP contribution in [0.5, 0.6) is 0 Å². The Hall–Kier alpha value is -2.27. The van der Waals surface area contributed by atoms with Gasteiger partial charge < -0.3 is 16.2 Å². The van der Waals surface area contributed by atoms with Crippen LogP contribution >= 0.6 is 11.6 Å². The second kappa shape index (κ2) is 8.23. The van der Waals surface area contributed by atoms with Crippen LogP contribution in [0.3, 0.4) is 0 Å². The molecule has 1 fully saturated rings. The minimum Gasteiger partial charge on any atom is -0.398 e. The highest BCUT2D eigenvalue weighted by Crippen LogP contribution is 2.28. The third kappa shape index (κ3) is 4.50. The van der Waals surface area contributed by atoms with Gasteiger partial charge >= 0.3 is 0 Å².